The van der Waals surface area contributed by atoms with E-state index in [2.05, 4.69) is 94.1 Å². The Kier molecular flexibility index (Phi) is 16.1. The first-order chi connectivity index (χ1) is 23.6. The summed E-state index contributed by atoms with van der Waals surface area (Å²) in [6.45, 7) is 8.18. The molecule has 0 radical (unpaired) electrons. The third-order valence-electron chi connectivity index (χ3n) is 8.72. The quantitative estimate of drug-likeness (QED) is 0.0921. The maximum atomic E-state index is 5.39. The Labute approximate surface area is 287 Å². The predicted molar refractivity (Wildman–Crippen MR) is 190 cm³/mol. The summed E-state index contributed by atoms with van der Waals surface area (Å²) in [5, 5.41) is 9.52. The van der Waals surface area contributed by atoms with Crippen molar-refractivity contribution in [3.05, 3.63) is 118 Å². The van der Waals surface area contributed by atoms with Gasteiger partial charge in [0.2, 0.25) is 0 Å². The van der Waals surface area contributed by atoms with E-state index in [9.17, 15) is 0 Å². The van der Waals surface area contributed by atoms with Gasteiger partial charge in [-0.15, -0.1) is 0 Å². The van der Waals surface area contributed by atoms with Gasteiger partial charge in [-0.2, -0.15) is 0 Å². The lowest BCUT2D eigenvalue weighted by Crippen LogP contribution is -2.82. The second-order valence-electron chi connectivity index (χ2n) is 12.4. The Morgan fingerprint density at radius 3 is 0.896 bits per heavy atom. The molecule has 0 atom stereocenters. The van der Waals surface area contributed by atoms with E-state index in [0.29, 0.717) is 0 Å². The number of hydrogen-bond acceptors (Lipinski definition) is 4. The van der Waals surface area contributed by atoms with Gasteiger partial charge >= 0.3 is 0 Å². The monoisotopic (exact) mass is 658 g/mol. The lowest BCUT2D eigenvalue weighted by atomic mass is 10.1. The highest BCUT2D eigenvalue weighted by molar-refractivity contribution is 5.39. The van der Waals surface area contributed by atoms with Crippen LogP contribution in [-0.2, 0) is 39.3 Å². The maximum Gasteiger partial charge on any atom is 0.123 e. The number of nitrogens with two attached hydrogens (primary N) is 4. The number of quaternary nitrogens is 4. The van der Waals surface area contributed by atoms with E-state index in [0.717, 1.165) is 62.3 Å². The molecule has 0 unspecified atom stereocenters. The van der Waals surface area contributed by atoms with Crippen LogP contribution < -0.4 is 40.2 Å². The Balaban J connectivity index is 0.989. The van der Waals surface area contributed by atoms with Crippen LogP contribution >= 0.6 is 0 Å². The zero-order valence-electron chi connectivity index (χ0n) is 29.5. The molecule has 0 aliphatic carbocycles. The predicted octanol–water partition coefficient (Wildman–Crippen LogP) is 2.64. The Morgan fingerprint density at radius 2 is 0.604 bits per heavy atom. The summed E-state index contributed by atoms with van der Waals surface area (Å²) < 4.78 is 21.5. The molecular weight excluding hydrogens is 600 g/mol. The fourth-order valence-electron chi connectivity index (χ4n) is 5.87. The Hall–Kier alpha value is -4.08. The van der Waals surface area contributed by atoms with E-state index in [4.69, 9.17) is 18.9 Å². The minimum atomic E-state index is 0.834. The molecule has 0 aromatic heterocycles. The first-order valence-electron chi connectivity index (χ1n) is 17.4. The van der Waals surface area contributed by atoms with Crippen LogP contribution in [0.25, 0.3) is 0 Å². The molecule has 0 bridgehead atoms. The highest BCUT2D eigenvalue weighted by Crippen LogP contribution is 2.23. The van der Waals surface area contributed by atoms with Gasteiger partial charge in [0.05, 0.1) is 41.5 Å². The SMILES string of the molecule is COc1cc(C[NH2+]Cc2ccc(C[NH2+]CCCCCC[NH2+]Cc3ccc(C[NH2+]Cc4cc(OC)cc(OC)c4)cc3)cc2)cc(OC)c1. The molecule has 0 amide bonds. The van der Waals surface area contributed by atoms with E-state index >= 15 is 0 Å². The molecule has 8 N–H and O–H groups in total. The van der Waals surface area contributed by atoms with Gasteiger partial charge in [0, 0.05) is 45.5 Å². The number of ether oxygens (including phenoxy) is 4. The molecule has 258 valence electrons. The normalized spacial score (nSPS) is 11.0. The fourth-order valence-corrected chi connectivity index (χ4v) is 5.87. The van der Waals surface area contributed by atoms with Gasteiger partial charge in [-0.3, -0.25) is 0 Å². The smallest absolute Gasteiger partial charge is 0.123 e. The first kappa shape index (κ1) is 36.8. The van der Waals surface area contributed by atoms with E-state index in [1.807, 2.05) is 12.1 Å². The second-order valence-corrected chi connectivity index (χ2v) is 12.4. The molecule has 0 heterocycles. The third kappa shape index (κ3) is 13.2. The molecule has 48 heavy (non-hydrogen) atoms. The molecule has 8 nitrogen and oxygen atoms in total. The average Bonchev–Trinajstić information content (AvgIpc) is 3.13. The molecule has 0 fully saturated rings. The van der Waals surface area contributed by atoms with Crippen LogP contribution in [0.3, 0.4) is 0 Å². The summed E-state index contributed by atoms with van der Waals surface area (Å²) in [6.07, 6.45) is 5.19. The van der Waals surface area contributed by atoms with Crippen molar-refractivity contribution in [3.63, 3.8) is 0 Å². The van der Waals surface area contributed by atoms with Gasteiger partial charge in [-0.1, -0.05) is 48.5 Å². The van der Waals surface area contributed by atoms with Crippen LogP contribution in [0.1, 0.15) is 59.1 Å². The van der Waals surface area contributed by atoms with Crippen molar-refractivity contribution in [2.24, 2.45) is 0 Å². The highest BCUT2D eigenvalue weighted by atomic mass is 16.5. The van der Waals surface area contributed by atoms with E-state index in [1.165, 1.54) is 72.2 Å². The lowest BCUT2D eigenvalue weighted by Gasteiger charge is -2.08. The zero-order valence-corrected chi connectivity index (χ0v) is 29.5. The zero-order chi connectivity index (χ0) is 33.8. The van der Waals surface area contributed by atoms with Crippen LogP contribution in [0, 0.1) is 0 Å². The third-order valence-corrected chi connectivity index (χ3v) is 8.72. The van der Waals surface area contributed by atoms with Crippen LogP contribution in [0.5, 0.6) is 23.0 Å². The molecule has 0 aliphatic rings. The molecule has 0 saturated heterocycles. The first-order valence-corrected chi connectivity index (χ1v) is 17.4. The lowest BCUT2D eigenvalue weighted by molar-refractivity contribution is -0.686. The van der Waals surface area contributed by atoms with Crippen LogP contribution in [0.4, 0.5) is 0 Å². The standard InChI is InChI=1S/C40H54N4O4/c1-45-37-19-35(20-38(23-37)46-2)29-43-27-33-13-9-31(10-14-33)25-41-17-7-5-6-8-18-42-26-32-11-15-34(16-12-32)28-44-30-36-21-39(47-3)24-40(22-36)48-4/h9-16,19-24,41-44H,5-8,17-18,25-30H2,1-4H3/p+4. The van der Waals surface area contributed by atoms with Crippen molar-refractivity contribution in [1.29, 1.82) is 0 Å². The molecule has 8 heteroatoms. The summed E-state index contributed by atoms with van der Waals surface area (Å²) in [7, 11) is 6.76. The average molecular weight is 659 g/mol. The van der Waals surface area contributed by atoms with Gasteiger partial charge in [0.25, 0.3) is 0 Å². The molecule has 4 rings (SSSR count). The van der Waals surface area contributed by atoms with Crippen LogP contribution in [0.15, 0.2) is 84.9 Å². The maximum absolute atomic E-state index is 5.39. The summed E-state index contributed by atoms with van der Waals surface area (Å²) in [4.78, 5) is 0. The number of unbranched alkanes of at least 4 members (excludes halogenated alkanes) is 3. The van der Waals surface area contributed by atoms with Gasteiger partial charge in [0.1, 0.15) is 62.3 Å². The van der Waals surface area contributed by atoms with Crippen molar-refractivity contribution in [3.8, 4) is 23.0 Å². The van der Waals surface area contributed by atoms with Crippen LogP contribution in [-0.4, -0.2) is 41.5 Å². The van der Waals surface area contributed by atoms with Gasteiger partial charge in [-0.25, -0.2) is 0 Å². The summed E-state index contributed by atoms with van der Waals surface area (Å²) >= 11 is 0. The highest BCUT2D eigenvalue weighted by Gasteiger charge is 2.06. The fraction of sp³-hybridized carbons (Fsp3) is 0.400. The Bertz CT molecular complexity index is 1320. The summed E-state index contributed by atoms with van der Waals surface area (Å²) in [5.74, 6) is 3.33. The van der Waals surface area contributed by atoms with Crippen molar-refractivity contribution < 1.29 is 40.2 Å². The minimum absolute atomic E-state index is 0.834. The van der Waals surface area contributed by atoms with Gasteiger partial charge < -0.3 is 40.2 Å². The largest absolute Gasteiger partial charge is 0.497 e. The van der Waals surface area contributed by atoms with E-state index in [-0.39, 0.29) is 0 Å². The number of benzene rings is 4. The minimum Gasteiger partial charge on any atom is -0.497 e. The van der Waals surface area contributed by atoms with Crippen molar-refractivity contribution in [2.75, 3.05) is 41.5 Å². The van der Waals surface area contributed by atoms with Crippen molar-refractivity contribution in [1.82, 2.24) is 0 Å². The second kappa shape index (κ2) is 21.0. The topological polar surface area (TPSA) is 103 Å². The Morgan fingerprint density at radius 1 is 0.333 bits per heavy atom. The summed E-state index contributed by atoms with van der Waals surface area (Å²) in [6, 6.07) is 30.3. The van der Waals surface area contributed by atoms with Crippen LogP contribution in [0.2, 0.25) is 0 Å². The molecule has 4 aromatic carbocycles. The van der Waals surface area contributed by atoms with Gasteiger partial charge in [0.15, 0.2) is 0 Å². The number of rotatable bonds is 23. The molecule has 0 saturated carbocycles. The molecular formula is C40H58N4O4+4. The van der Waals surface area contributed by atoms with Crippen molar-refractivity contribution in [2.45, 2.75) is 65.0 Å². The molecule has 0 aliphatic heterocycles. The number of methoxy groups -OCH3 is 4. The summed E-state index contributed by atoms with van der Waals surface area (Å²) in [5.41, 5.74) is 7.88. The van der Waals surface area contributed by atoms with Gasteiger partial charge in [-0.05, 0) is 49.9 Å². The van der Waals surface area contributed by atoms with E-state index < -0.39 is 0 Å². The molecule has 4 aromatic rings. The number of hydrogen-bond donors (Lipinski definition) is 4. The van der Waals surface area contributed by atoms with Crippen molar-refractivity contribution >= 4 is 0 Å². The molecule has 0 spiro atoms. The van der Waals surface area contributed by atoms with E-state index in [1.54, 1.807) is 28.4 Å².